The molecule has 1 aromatic rings. The molecule has 0 saturated carbocycles. The van der Waals surface area contributed by atoms with E-state index in [1.807, 2.05) is 7.05 Å². The van der Waals surface area contributed by atoms with Gasteiger partial charge in [-0.25, -0.2) is 13.1 Å². The third kappa shape index (κ3) is 7.61. The Kier molecular flexibility index (Phi) is 8.91. The second-order valence-electron chi connectivity index (χ2n) is 6.59. The molecule has 0 radical (unpaired) electrons. The van der Waals surface area contributed by atoms with Crippen molar-refractivity contribution in [3.8, 4) is 0 Å². The molecule has 0 atom stereocenters. The van der Waals surface area contributed by atoms with Gasteiger partial charge in [-0.2, -0.15) is 0 Å². The number of carbonyl (C=O) groups excluding carboxylic acids is 1. The van der Waals surface area contributed by atoms with Crippen LogP contribution in [0.3, 0.4) is 0 Å². The lowest BCUT2D eigenvalue weighted by Crippen LogP contribution is -2.40. The van der Waals surface area contributed by atoms with E-state index in [1.54, 1.807) is 39.8 Å². The van der Waals surface area contributed by atoms with Crippen LogP contribution in [0.1, 0.15) is 39.2 Å². The van der Waals surface area contributed by atoms with Gasteiger partial charge in [0, 0.05) is 17.6 Å². The lowest BCUT2D eigenvalue weighted by molar-refractivity contribution is -0.116. The van der Waals surface area contributed by atoms with E-state index < -0.39 is 15.6 Å². The molecule has 6 nitrogen and oxygen atoms in total. The molecule has 1 aromatic carbocycles. The minimum atomic E-state index is -3.64. The van der Waals surface area contributed by atoms with E-state index in [4.69, 9.17) is 0 Å². The predicted molar refractivity (Wildman–Crippen MR) is 100 cm³/mol. The third-order valence-electron chi connectivity index (χ3n) is 3.03. The summed E-state index contributed by atoms with van der Waals surface area (Å²) in [6.45, 7) is 7.85. The van der Waals surface area contributed by atoms with Crippen LogP contribution in [-0.4, -0.2) is 33.5 Å². The quantitative estimate of drug-likeness (QED) is 0.637. The van der Waals surface area contributed by atoms with Gasteiger partial charge in [0.05, 0.1) is 4.90 Å². The first-order valence-electron chi connectivity index (χ1n) is 7.64. The van der Waals surface area contributed by atoms with Crippen molar-refractivity contribution >= 4 is 34.0 Å². The van der Waals surface area contributed by atoms with Crippen molar-refractivity contribution in [1.29, 1.82) is 0 Å². The molecule has 0 aliphatic heterocycles. The molecule has 0 fully saturated rings. The summed E-state index contributed by atoms with van der Waals surface area (Å²) in [4.78, 5) is 12.0. The van der Waals surface area contributed by atoms with Crippen molar-refractivity contribution < 1.29 is 13.2 Å². The summed E-state index contributed by atoms with van der Waals surface area (Å²) in [6.07, 6.45) is 1.11. The average Bonchev–Trinajstić information content (AvgIpc) is 2.38. The summed E-state index contributed by atoms with van der Waals surface area (Å²) >= 11 is 0. The van der Waals surface area contributed by atoms with Gasteiger partial charge in [0.2, 0.25) is 15.9 Å². The topological polar surface area (TPSA) is 87.3 Å². The minimum Gasteiger partial charge on any atom is -0.326 e. The number of hydrogen-bond donors (Lipinski definition) is 3. The number of halogens is 1. The zero-order chi connectivity index (χ0) is 17.7. The highest BCUT2D eigenvalue weighted by molar-refractivity contribution is 7.89. The number of carbonyl (C=O) groups is 1. The van der Waals surface area contributed by atoms with Crippen LogP contribution < -0.4 is 15.4 Å². The summed E-state index contributed by atoms with van der Waals surface area (Å²) < 4.78 is 27.6. The molecule has 138 valence electrons. The minimum absolute atomic E-state index is 0. The second kappa shape index (κ2) is 9.36. The first kappa shape index (κ1) is 22.9. The highest BCUT2D eigenvalue weighted by atomic mass is 35.5. The molecule has 0 saturated heterocycles. The van der Waals surface area contributed by atoms with E-state index in [2.05, 4.69) is 15.4 Å². The average molecular weight is 378 g/mol. The zero-order valence-electron chi connectivity index (χ0n) is 14.9. The molecule has 0 spiro atoms. The van der Waals surface area contributed by atoms with Gasteiger partial charge in [-0.15, -0.1) is 12.4 Å². The van der Waals surface area contributed by atoms with Crippen molar-refractivity contribution in [2.75, 3.05) is 18.9 Å². The number of benzene rings is 1. The van der Waals surface area contributed by atoms with Crippen LogP contribution in [0.4, 0.5) is 5.69 Å². The molecular weight excluding hydrogens is 350 g/mol. The molecule has 0 heterocycles. The predicted octanol–water partition coefficient (Wildman–Crippen LogP) is 2.43. The van der Waals surface area contributed by atoms with E-state index in [9.17, 15) is 13.2 Å². The zero-order valence-corrected chi connectivity index (χ0v) is 16.5. The van der Waals surface area contributed by atoms with Gasteiger partial charge >= 0.3 is 0 Å². The second-order valence-corrected chi connectivity index (χ2v) is 8.24. The van der Waals surface area contributed by atoms with Gasteiger partial charge < -0.3 is 10.6 Å². The number of rotatable bonds is 7. The van der Waals surface area contributed by atoms with Crippen LogP contribution in [-0.2, 0) is 14.8 Å². The molecule has 0 bridgehead atoms. The highest BCUT2D eigenvalue weighted by Gasteiger charge is 2.24. The Hall–Kier alpha value is -1.15. The van der Waals surface area contributed by atoms with Gasteiger partial charge in [0.25, 0.3) is 0 Å². The largest absolute Gasteiger partial charge is 0.326 e. The maximum absolute atomic E-state index is 12.5. The van der Waals surface area contributed by atoms with E-state index in [0.717, 1.165) is 13.0 Å². The van der Waals surface area contributed by atoms with Crippen LogP contribution in [0.25, 0.3) is 0 Å². The monoisotopic (exact) mass is 377 g/mol. The maximum Gasteiger partial charge on any atom is 0.241 e. The van der Waals surface area contributed by atoms with Crippen LogP contribution >= 0.6 is 12.4 Å². The molecule has 0 aliphatic rings. The smallest absolute Gasteiger partial charge is 0.241 e. The fraction of sp³-hybridized carbons (Fsp3) is 0.562. The number of nitrogens with one attached hydrogen (secondary N) is 3. The Bertz CT molecular complexity index is 655. The summed E-state index contributed by atoms with van der Waals surface area (Å²) in [6, 6.07) is 4.90. The number of aryl methyl sites for hydroxylation is 1. The SMILES string of the molecule is CNCCCC(=O)Nc1ccc(C)c(S(=O)(=O)NC(C)(C)C)c1.Cl. The van der Waals surface area contributed by atoms with E-state index in [0.29, 0.717) is 17.7 Å². The van der Waals surface area contributed by atoms with Crippen LogP contribution in [0, 0.1) is 6.92 Å². The third-order valence-corrected chi connectivity index (χ3v) is 4.93. The van der Waals surface area contributed by atoms with Crippen molar-refractivity contribution in [3.63, 3.8) is 0 Å². The van der Waals surface area contributed by atoms with Crippen molar-refractivity contribution in [1.82, 2.24) is 10.0 Å². The molecule has 1 amide bonds. The molecule has 0 aliphatic carbocycles. The Morgan fingerprint density at radius 2 is 1.83 bits per heavy atom. The molecule has 0 aromatic heterocycles. The Balaban J connectivity index is 0.00000529. The molecule has 8 heteroatoms. The number of hydrogen-bond acceptors (Lipinski definition) is 4. The Morgan fingerprint density at radius 3 is 2.38 bits per heavy atom. The highest BCUT2D eigenvalue weighted by Crippen LogP contribution is 2.21. The van der Waals surface area contributed by atoms with Gasteiger partial charge in [0.1, 0.15) is 0 Å². The van der Waals surface area contributed by atoms with Crippen molar-refractivity contribution in [2.45, 2.75) is 51.0 Å². The fourth-order valence-corrected chi connectivity index (χ4v) is 3.76. The lowest BCUT2D eigenvalue weighted by atomic mass is 10.1. The first-order chi connectivity index (χ1) is 10.5. The number of anilines is 1. The number of sulfonamides is 1. The molecule has 24 heavy (non-hydrogen) atoms. The van der Waals surface area contributed by atoms with Crippen molar-refractivity contribution in [2.24, 2.45) is 0 Å². The summed E-state index contributed by atoms with van der Waals surface area (Å²) in [5.41, 5.74) is 0.548. The van der Waals surface area contributed by atoms with Gasteiger partial charge in [-0.05, 0) is 65.4 Å². The standard InChI is InChI=1S/C16H27N3O3S.ClH/c1-12-8-9-13(18-15(20)7-6-10-17-5)11-14(12)23(21,22)19-16(2,3)4;/h8-9,11,17,19H,6-7,10H2,1-5H3,(H,18,20);1H. The van der Waals surface area contributed by atoms with Crippen molar-refractivity contribution in [3.05, 3.63) is 23.8 Å². The molecule has 1 rings (SSSR count). The Labute approximate surface area is 151 Å². The lowest BCUT2D eigenvalue weighted by Gasteiger charge is -2.21. The molecular formula is C16H28ClN3O3S. The van der Waals surface area contributed by atoms with Gasteiger partial charge in [-0.1, -0.05) is 6.07 Å². The fourth-order valence-electron chi connectivity index (χ4n) is 2.07. The molecule has 3 N–H and O–H groups in total. The summed E-state index contributed by atoms with van der Waals surface area (Å²) in [5, 5.41) is 5.72. The molecule has 0 unspecified atom stereocenters. The van der Waals surface area contributed by atoms with Gasteiger partial charge in [0.15, 0.2) is 0 Å². The van der Waals surface area contributed by atoms with E-state index in [1.165, 1.54) is 6.07 Å². The number of amides is 1. The summed E-state index contributed by atoms with van der Waals surface area (Å²) in [5.74, 6) is -0.128. The van der Waals surface area contributed by atoms with Crippen LogP contribution in [0.15, 0.2) is 23.1 Å². The van der Waals surface area contributed by atoms with E-state index >= 15 is 0 Å². The normalized spacial score (nSPS) is 11.7. The Morgan fingerprint density at radius 1 is 1.21 bits per heavy atom. The first-order valence-corrected chi connectivity index (χ1v) is 9.12. The maximum atomic E-state index is 12.5. The van der Waals surface area contributed by atoms with Gasteiger partial charge in [-0.3, -0.25) is 4.79 Å². The van der Waals surface area contributed by atoms with Crippen LogP contribution in [0.5, 0.6) is 0 Å². The van der Waals surface area contributed by atoms with Crippen LogP contribution in [0.2, 0.25) is 0 Å². The summed E-state index contributed by atoms with van der Waals surface area (Å²) in [7, 11) is -1.81. The van der Waals surface area contributed by atoms with E-state index in [-0.39, 0.29) is 23.2 Å².